The number of rotatable bonds is 3. The van der Waals surface area contributed by atoms with Crippen molar-refractivity contribution in [3.05, 3.63) is 34.3 Å². The van der Waals surface area contributed by atoms with Crippen LogP contribution in [0.1, 0.15) is 15.9 Å². The van der Waals surface area contributed by atoms with Gasteiger partial charge in [-0.3, -0.25) is 4.79 Å². The fourth-order valence-electron chi connectivity index (χ4n) is 1.23. The van der Waals surface area contributed by atoms with Gasteiger partial charge in [0, 0.05) is 19.5 Å². The number of carbonyl (C=O) groups excluding carboxylic acids is 1. The third-order valence-electron chi connectivity index (χ3n) is 2.12. The predicted molar refractivity (Wildman–Crippen MR) is 63.9 cm³/mol. The summed E-state index contributed by atoms with van der Waals surface area (Å²) in [6.45, 7) is 2.45. The molecule has 2 nitrogen and oxygen atoms in total. The van der Waals surface area contributed by atoms with Gasteiger partial charge in [-0.15, -0.1) is 11.6 Å². The lowest BCUT2D eigenvalue weighted by atomic mass is 10.1. The van der Waals surface area contributed by atoms with Crippen molar-refractivity contribution < 1.29 is 4.79 Å². The van der Waals surface area contributed by atoms with E-state index in [1.165, 1.54) is 0 Å². The molecule has 1 aromatic carbocycles. The first-order valence-corrected chi connectivity index (χ1v) is 5.55. The van der Waals surface area contributed by atoms with Gasteiger partial charge in [-0.1, -0.05) is 17.7 Å². The summed E-state index contributed by atoms with van der Waals surface area (Å²) in [7, 11) is 1.71. The van der Waals surface area contributed by atoms with Crippen LogP contribution in [0.3, 0.4) is 0 Å². The molecule has 0 spiro atoms. The molecule has 0 aromatic heterocycles. The van der Waals surface area contributed by atoms with E-state index in [0.717, 1.165) is 5.56 Å². The van der Waals surface area contributed by atoms with E-state index in [1.807, 2.05) is 13.0 Å². The highest BCUT2D eigenvalue weighted by Crippen LogP contribution is 2.18. The molecule has 0 bridgehead atoms. The van der Waals surface area contributed by atoms with E-state index in [0.29, 0.717) is 23.0 Å². The van der Waals surface area contributed by atoms with E-state index in [2.05, 4.69) is 0 Å². The minimum atomic E-state index is -0.0966. The SMILES string of the molecule is Cc1ccc(C(=O)N(C)CCCl)c(Cl)c1. The molecular weight excluding hydrogens is 233 g/mol. The van der Waals surface area contributed by atoms with Crippen LogP contribution in [0.15, 0.2) is 18.2 Å². The topological polar surface area (TPSA) is 20.3 Å². The van der Waals surface area contributed by atoms with E-state index in [4.69, 9.17) is 23.2 Å². The van der Waals surface area contributed by atoms with Gasteiger partial charge in [0.25, 0.3) is 5.91 Å². The number of aryl methyl sites for hydroxylation is 1. The first-order chi connectivity index (χ1) is 7.06. The van der Waals surface area contributed by atoms with Gasteiger partial charge in [0.05, 0.1) is 10.6 Å². The summed E-state index contributed by atoms with van der Waals surface area (Å²) in [6.07, 6.45) is 0. The average molecular weight is 246 g/mol. The van der Waals surface area contributed by atoms with Gasteiger partial charge in [0.1, 0.15) is 0 Å². The molecule has 0 aliphatic heterocycles. The molecule has 0 unspecified atom stereocenters. The van der Waals surface area contributed by atoms with Crippen molar-refractivity contribution in [2.75, 3.05) is 19.5 Å². The van der Waals surface area contributed by atoms with Gasteiger partial charge in [-0.05, 0) is 24.6 Å². The molecule has 1 rings (SSSR count). The summed E-state index contributed by atoms with van der Waals surface area (Å²) in [4.78, 5) is 13.4. The Labute approximate surface area is 99.8 Å². The van der Waals surface area contributed by atoms with Crippen molar-refractivity contribution >= 4 is 29.1 Å². The van der Waals surface area contributed by atoms with Crippen LogP contribution in [0.2, 0.25) is 5.02 Å². The molecule has 0 radical (unpaired) electrons. The zero-order valence-electron chi connectivity index (χ0n) is 8.76. The van der Waals surface area contributed by atoms with E-state index >= 15 is 0 Å². The fourth-order valence-corrected chi connectivity index (χ4v) is 1.80. The summed E-state index contributed by atoms with van der Waals surface area (Å²) in [5.41, 5.74) is 1.56. The van der Waals surface area contributed by atoms with Crippen LogP contribution in [0, 0.1) is 6.92 Å². The summed E-state index contributed by atoms with van der Waals surface area (Å²) in [6, 6.07) is 5.39. The molecule has 1 amide bonds. The van der Waals surface area contributed by atoms with Crippen LogP contribution in [0.5, 0.6) is 0 Å². The smallest absolute Gasteiger partial charge is 0.255 e. The van der Waals surface area contributed by atoms with E-state index in [9.17, 15) is 4.79 Å². The second kappa shape index (κ2) is 5.38. The Morgan fingerprint density at radius 2 is 2.13 bits per heavy atom. The highest BCUT2D eigenvalue weighted by Gasteiger charge is 2.14. The predicted octanol–water partition coefficient (Wildman–Crippen LogP) is 2.96. The first-order valence-electron chi connectivity index (χ1n) is 4.64. The Morgan fingerprint density at radius 1 is 1.47 bits per heavy atom. The maximum absolute atomic E-state index is 11.8. The third kappa shape index (κ3) is 3.11. The molecule has 0 saturated heterocycles. The van der Waals surface area contributed by atoms with Crippen molar-refractivity contribution in [2.45, 2.75) is 6.92 Å². The van der Waals surface area contributed by atoms with E-state index in [1.54, 1.807) is 24.1 Å². The molecule has 82 valence electrons. The molecule has 0 atom stereocenters. The van der Waals surface area contributed by atoms with Gasteiger partial charge in [0.2, 0.25) is 0 Å². The second-order valence-corrected chi connectivity index (χ2v) is 4.18. The summed E-state index contributed by atoms with van der Waals surface area (Å²) in [5, 5.41) is 0.487. The first kappa shape index (κ1) is 12.3. The number of nitrogens with zero attached hydrogens (tertiary/aromatic N) is 1. The lowest BCUT2D eigenvalue weighted by molar-refractivity contribution is 0.0803. The largest absolute Gasteiger partial charge is 0.340 e. The molecule has 1 aromatic rings. The number of hydrogen-bond donors (Lipinski definition) is 0. The van der Waals surface area contributed by atoms with Crippen molar-refractivity contribution in [1.29, 1.82) is 0 Å². The zero-order valence-corrected chi connectivity index (χ0v) is 10.3. The lowest BCUT2D eigenvalue weighted by Crippen LogP contribution is -2.28. The van der Waals surface area contributed by atoms with E-state index < -0.39 is 0 Å². The summed E-state index contributed by atoms with van der Waals surface area (Å²) in [5.74, 6) is 0.326. The minimum absolute atomic E-state index is 0.0966. The van der Waals surface area contributed by atoms with Crippen LogP contribution in [-0.4, -0.2) is 30.3 Å². The van der Waals surface area contributed by atoms with E-state index in [-0.39, 0.29) is 5.91 Å². The molecular formula is C11H13Cl2NO. The monoisotopic (exact) mass is 245 g/mol. The zero-order chi connectivity index (χ0) is 11.4. The average Bonchev–Trinajstić information content (AvgIpc) is 2.17. The van der Waals surface area contributed by atoms with Crippen LogP contribution >= 0.6 is 23.2 Å². The van der Waals surface area contributed by atoms with Gasteiger partial charge < -0.3 is 4.90 Å². The lowest BCUT2D eigenvalue weighted by Gasteiger charge is -2.16. The van der Waals surface area contributed by atoms with Crippen molar-refractivity contribution in [3.63, 3.8) is 0 Å². The quantitative estimate of drug-likeness (QED) is 0.751. The Kier molecular flexibility index (Phi) is 4.43. The minimum Gasteiger partial charge on any atom is -0.340 e. The van der Waals surface area contributed by atoms with Crippen LogP contribution < -0.4 is 0 Å². The molecule has 0 N–H and O–H groups in total. The van der Waals surface area contributed by atoms with Gasteiger partial charge in [0.15, 0.2) is 0 Å². The number of hydrogen-bond acceptors (Lipinski definition) is 1. The van der Waals surface area contributed by atoms with Crippen molar-refractivity contribution in [1.82, 2.24) is 4.90 Å². The highest BCUT2D eigenvalue weighted by atomic mass is 35.5. The highest BCUT2D eigenvalue weighted by molar-refractivity contribution is 6.33. The van der Waals surface area contributed by atoms with Crippen LogP contribution in [-0.2, 0) is 0 Å². The number of alkyl halides is 1. The number of benzene rings is 1. The van der Waals surface area contributed by atoms with Crippen molar-refractivity contribution in [2.24, 2.45) is 0 Å². The fraction of sp³-hybridized carbons (Fsp3) is 0.364. The Hall–Kier alpha value is -0.730. The number of halogens is 2. The summed E-state index contributed by atoms with van der Waals surface area (Å²) >= 11 is 11.6. The van der Waals surface area contributed by atoms with Crippen LogP contribution in [0.25, 0.3) is 0 Å². The van der Waals surface area contributed by atoms with Gasteiger partial charge >= 0.3 is 0 Å². The third-order valence-corrected chi connectivity index (χ3v) is 2.60. The Bertz CT molecular complexity index is 366. The molecule has 0 aliphatic carbocycles. The summed E-state index contributed by atoms with van der Waals surface area (Å²) < 4.78 is 0. The second-order valence-electron chi connectivity index (χ2n) is 3.40. The van der Waals surface area contributed by atoms with Crippen molar-refractivity contribution in [3.8, 4) is 0 Å². The molecule has 0 aliphatic rings. The maximum atomic E-state index is 11.8. The maximum Gasteiger partial charge on any atom is 0.255 e. The standard InChI is InChI=1S/C11H13Cl2NO/c1-8-3-4-9(10(13)7-8)11(15)14(2)6-5-12/h3-4,7H,5-6H2,1-2H3. The number of carbonyl (C=O) groups is 1. The number of amides is 1. The molecule has 4 heteroatoms. The van der Waals surface area contributed by atoms with Gasteiger partial charge in [-0.2, -0.15) is 0 Å². The molecule has 0 fully saturated rings. The van der Waals surface area contributed by atoms with Gasteiger partial charge in [-0.25, -0.2) is 0 Å². The molecule has 15 heavy (non-hydrogen) atoms. The Morgan fingerprint density at radius 3 is 2.67 bits per heavy atom. The normalized spacial score (nSPS) is 10.1. The van der Waals surface area contributed by atoms with Crippen LogP contribution in [0.4, 0.5) is 0 Å². The Balaban J connectivity index is 2.91. The molecule has 0 heterocycles. The molecule has 0 saturated carbocycles.